The number of imidazole rings is 1. The summed E-state index contributed by atoms with van der Waals surface area (Å²) in [7, 11) is 0. The van der Waals surface area contributed by atoms with Crippen molar-refractivity contribution in [2.45, 2.75) is 0 Å². The lowest BCUT2D eigenvalue weighted by atomic mass is 10.0. The molecule has 0 radical (unpaired) electrons. The van der Waals surface area contributed by atoms with Gasteiger partial charge >= 0.3 is 0 Å². The molecule has 0 aliphatic carbocycles. The Balaban J connectivity index is 1.75. The highest BCUT2D eigenvalue weighted by molar-refractivity contribution is 6.33. The molecule has 1 N–H and O–H groups in total. The van der Waals surface area contributed by atoms with Gasteiger partial charge in [-0.15, -0.1) is 0 Å². The van der Waals surface area contributed by atoms with E-state index in [-0.39, 0.29) is 5.82 Å². The zero-order valence-electron chi connectivity index (χ0n) is 15.0. The molecule has 0 unspecified atom stereocenters. The predicted molar refractivity (Wildman–Crippen MR) is 111 cm³/mol. The Kier molecular flexibility index (Phi) is 4.26. The second-order valence-corrected chi connectivity index (χ2v) is 6.84. The lowest BCUT2D eigenvalue weighted by molar-refractivity contribution is 0.628. The van der Waals surface area contributed by atoms with Crippen LogP contribution < -0.4 is 0 Å². The van der Waals surface area contributed by atoms with Crippen molar-refractivity contribution in [3.8, 4) is 33.8 Å². The summed E-state index contributed by atoms with van der Waals surface area (Å²) < 4.78 is 13.3. The summed E-state index contributed by atoms with van der Waals surface area (Å²) in [5.41, 5.74) is 5.40. The highest BCUT2D eigenvalue weighted by Crippen LogP contribution is 2.36. The maximum atomic E-state index is 13.3. The average molecular weight is 402 g/mol. The minimum absolute atomic E-state index is 0.294. The molecule has 0 fully saturated rings. The molecule has 0 saturated carbocycles. The second-order valence-electron chi connectivity index (χ2n) is 6.44. The molecule has 0 aliphatic heterocycles. The third-order valence-electron chi connectivity index (χ3n) is 4.61. The summed E-state index contributed by atoms with van der Waals surface area (Å²) in [5, 5.41) is 0.526. The first-order chi connectivity index (χ1) is 14.2. The third-order valence-corrected chi connectivity index (χ3v) is 4.91. The molecular formula is C22H13ClFN5. The van der Waals surface area contributed by atoms with Crippen molar-refractivity contribution in [2.75, 3.05) is 0 Å². The monoisotopic (exact) mass is 401 g/mol. The number of nitrogens with zero attached hydrogens (tertiary/aromatic N) is 4. The third kappa shape index (κ3) is 3.23. The van der Waals surface area contributed by atoms with E-state index < -0.39 is 0 Å². The average Bonchev–Trinajstić information content (AvgIpc) is 3.17. The standard InChI is InChI=1S/C22H13ClFN5/c23-18-12-26-10-7-16(18)17-11-19-22(28-20(17)13-5-8-25-9-6-13)29-21(27-19)14-1-3-15(24)4-2-14/h1-12H,(H,27,28,29). The normalized spacial score (nSPS) is 11.1. The van der Waals surface area contributed by atoms with Crippen LogP contribution in [0.15, 0.2) is 73.3 Å². The van der Waals surface area contributed by atoms with E-state index in [2.05, 4.69) is 19.9 Å². The number of nitrogens with one attached hydrogen (secondary N) is 1. The fourth-order valence-electron chi connectivity index (χ4n) is 3.21. The van der Waals surface area contributed by atoms with Crippen LogP contribution in [0.1, 0.15) is 0 Å². The molecule has 0 amide bonds. The van der Waals surface area contributed by atoms with Crippen LogP contribution >= 0.6 is 11.6 Å². The molecule has 7 heteroatoms. The lowest BCUT2D eigenvalue weighted by Gasteiger charge is -2.10. The zero-order chi connectivity index (χ0) is 19.8. The highest BCUT2D eigenvalue weighted by atomic mass is 35.5. The van der Waals surface area contributed by atoms with Crippen LogP contribution in [-0.4, -0.2) is 24.9 Å². The summed E-state index contributed by atoms with van der Waals surface area (Å²) in [6, 6.07) is 13.7. The van der Waals surface area contributed by atoms with Gasteiger partial charge in [0.25, 0.3) is 0 Å². The Morgan fingerprint density at radius 3 is 2.31 bits per heavy atom. The fraction of sp³-hybridized carbons (Fsp3) is 0. The van der Waals surface area contributed by atoms with Gasteiger partial charge in [-0.3, -0.25) is 9.97 Å². The highest BCUT2D eigenvalue weighted by Gasteiger charge is 2.16. The van der Waals surface area contributed by atoms with E-state index in [0.29, 0.717) is 22.0 Å². The molecule has 0 aliphatic rings. The number of H-pyrrole nitrogens is 1. The number of fused-ring (bicyclic) bond motifs is 1. The van der Waals surface area contributed by atoms with Crippen molar-refractivity contribution < 1.29 is 4.39 Å². The molecule has 140 valence electrons. The van der Waals surface area contributed by atoms with Crippen molar-refractivity contribution in [3.63, 3.8) is 0 Å². The smallest absolute Gasteiger partial charge is 0.158 e. The van der Waals surface area contributed by atoms with Crippen LogP contribution in [0.25, 0.3) is 44.9 Å². The summed E-state index contributed by atoms with van der Waals surface area (Å²) in [5.74, 6) is 0.323. The molecule has 5 aromatic rings. The maximum absolute atomic E-state index is 13.3. The minimum Gasteiger partial charge on any atom is -0.323 e. The molecule has 5 rings (SSSR count). The first-order valence-electron chi connectivity index (χ1n) is 8.86. The zero-order valence-corrected chi connectivity index (χ0v) is 15.7. The van der Waals surface area contributed by atoms with Crippen LogP contribution in [0.3, 0.4) is 0 Å². The van der Waals surface area contributed by atoms with Gasteiger partial charge in [-0.1, -0.05) is 11.6 Å². The van der Waals surface area contributed by atoms with Gasteiger partial charge in [0.1, 0.15) is 17.2 Å². The van der Waals surface area contributed by atoms with Crippen molar-refractivity contribution >= 4 is 22.8 Å². The molecule has 29 heavy (non-hydrogen) atoms. The van der Waals surface area contributed by atoms with E-state index in [0.717, 1.165) is 27.9 Å². The summed E-state index contributed by atoms with van der Waals surface area (Å²) >= 11 is 6.42. The number of rotatable bonds is 3. The van der Waals surface area contributed by atoms with E-state index in [1.807, 2.05) is 24.3 Å². The molecule has 1 aromatic carbocycles. The molecule has 0 saturated heterocycles. The molecule has 5 nitrogen and oxygen atoms in total. The molecule has 0 bridgehead atoms. The predicted octanol–water partition coefficient (Wildman–Crippen LogP) is 5.54. The van der Waals surface area contributed by atoms with Crippen LogP contribution in [0.4, 0.5) is 4.39 Å². The fourth-order valence-corrected chi connectivity index (χ4v) is 3.43. The SMILES string of the molecule is Fc1ccc(-c2nc3cc(-c4ccncc4Cl)c(-c4ccncc4)nc3[nH]2)cc1. The Hall–Kier alpha value is -3.64. The topological polar surface area (TPSA) is 67.3 Å². The van der Waals surface area contributed by atoms with Gasteiger partial charge in [-0.2, -0.15) is 0 Å². The Labute approximate surface area is 170 Å². The number of halogens is 2. The quantitative estimate of drug-likeness (QED) is 0.431. The van der Waals surface area contributed by atoms with Crippen LogP contribution in [-0.2, 0) is 0 Å². The van der Waals surface area contributed by atoms with Gasteiger partial charge in [0.05, 0.1) is 10.7 Å². The van der Waals surface area contributed by atoms with Crippen molar-refractivity contribution in [3.05, 3.63) is 84.2 Å². The van der Waals surface area contributed by atoms with Crippen LogP contribution in [0.5, 0.6) is 0 Å². The van der Waals surface area contributed by atoms with E-state index in [9.17, 15) is 4.39 Å². The summed E-state index contributed by atoms with van der Waals surface area (Å²) in [4.78, 5) is 20.9. The van der Waals surface area contributed by atoms with E-state index in [4.69, 9.17) is 16.6 Å². The van der Waals surface area contributed by atoms with Gasteiger partial charge in [0, 0.05) is 47.0 Å². The minimum atomic E-state index is -0.294. The first-order valence-corrected chi connectivity index (χ1v) is 9.24. The number of pyridine rings is 3. The Bertz CT molecular complexity index is 1320. The first kappa shape index (κ1) is 17.5. The van der Waals surface area contributed by atoms with Crippen molar-refractivity contribution in [1.82, 2.24) is 24.9 Å². The Morgan fingerprint density at radius 1 is 0.793 bits per heavy atom. The number of hydrogen-bond acceptors (Lipinski definition) is 4. The maximum Gasteiger partial charge on any atom is 0.158 e. The summed E-state index contributed by atoms with van der Waals surface area (Å²) in [6.07, 6.45) is 6.73. The number of aromatic amines is 1. The molecular weight excluding hydrogens is 389 g/mol. The molecule has 0 spiro atoms. The van der Waals surface area contributed by atoms with Gasteiger partial charge in [0.2, 0.25) is 0 Å². The van der Waals surface area contributed by atoms with Crippen molar-refractivity contribution in [1.29, 1.82) is 0 Å². The van der Waals surface area contributed by atoms with Crippen LogP contribution in [0, 0.1) is 5.82 Å². The number of aromatic nitrogens is 5. The lowest BCUT2D eigenvalue weighted by Crippen LogP contribution is -1.92. The summed E-state index contributed by atoms with van der Waals surface area (Å²) in [6.45, 7) is 0. The number of benzene rings is 1. The van der Waals surface area contributed by atoms with Crippen molar-refractivity contribution in [2.24, 2.45) is 0 Å². The van der Waals surface area contributed by atoms with Gasteiger partial charge < -0.3 is 4.98 Å². The van der Waals surface area contributed by atoms with E-state index in [1.165, 1.54) is 12.1 Å². The molecule has 0 atom stereocenters. The van der Waals surface area contributed by atoms with Gasteiger partial charge in [-0.05, 0) is 48.5 Å². The second kappa shape index (κ2) is 7.07. The molecule has 4 aromatic heterocycles. The molecule has 4 heterocycles. The van der Waals surface area contributed by atoms with E-state index >= 15 is 0 Å². The van der Waals surface area contributed by atoms with Crippen LogP contribution in [0.2, 0.25) is 5.02 Å². The van der Waals surface area contributed by atoms with Gasteiger partial charge in [-0.25, -0.2) is 14.4 Å². The number of hydrogen-bond donors (Lipinski definition) is 1. The largest absolute Gasteiger partial charge is 0.323 e. The Morgan fingerprint density at radius 2 is 1.55 bits per heavy atom. The van der Waals surface area contributed by atoms with E-state index in [1.54, 1.807) is 36.9 Å². The van der Waals surface area contributed by atoms with Gasteiger partial charge in [0.15, 0.2) is 5.65 Å².